The van der Waals surface area contributed by atoms with Crippen molar-refractivity contribution in [3.05, 3.63) is 35.9 Å². The minimum Gasteiger partial charge on any atom is -0.354 e. The van der Waals surface area contributed by atoms with Crippen LogP contribution in [0.4, 0.5) is 0 Å². The van der Waals surface area contributed by atoms with Crippen LogP contribution in [-0.4, -0.2) is 43.5 Å². The minimum absolute atomic E-state index is 0. The first-order valence-electron chi connectivity index (χ1n) is 8.62. The van der Waals surface area contributed by atoms with E-state index in [-0.39, 0.29) is 36.6 Å². The van der Waals surface area contributed by atoms with E-state index in [1.807, 2.05) is 0 Å². The van der Waals surface area contributed by atoms with Gasteiger partial charge in [-0.05, 0) is 50.9 Å². The zero-order valence-electron chi connectivity index (χ0n) is 14.1. The van der Waals surface area contributed by atoms with Gasteiger partial charge in [0.05, 0.1) is 12.0 Å². The Morgan fingerprint density at radius 3 is 2.50 bits per heavy atom. The normalized spacial score (nSPS) is 22.1. The molecule has 0 aromatic heterocycles. The van der Waals surface area contributed by atoms with E-state index in [0.29, 0.717) is 6.04 Å². The molecule has 2 atom stereocenters. The number of carbonyl (C=O) groups is 1. The number of hydrogen-bond donors (Lipinski definition) is 2. The van der Waals surface area contributed by atoms with Gasteiger partial charge in [0.25, 0.3) is 0 Å². The largest absolute Gasteiger partial charge is 0.354 e. The van der Waals surface area contributed by atoms with Crippen LogP contribution in [0.1, 0.15) is 37.3 Å². The molecule has 2 saturated heterocycles. The summed E-state index contributed by atoms with van der Waals surface area (Å²) in [6, 6.07) is 10.9. The fourth-order valence-electron chi connectivity index (χ4n) is 3.60. The summed E-state index contributed by atoms with van der Waals surface area (Å²) >= 11 is 0. The lowest BCUT2D eigenvalue weighted by molar-refractivity contribution is -0.125. The molecule has 1 aromatic carbocycles. The first kappa shape index (κ1) is 21.2. The molecule has 2 fully saturated rings. The van der Waals surface area contributed by atoms with E-state index in [2.05, 4.69) is 45.9 Å². The molecule has 24 heavy (non-hydrogen) atoms. The molecule has 0 saturated carbocycles. The highest BCUT2D eigenvalue weighted by molar-refractivity contribution is 5.85. The average molecular weight is 374 g/mol. The summed E-state index contributed by atoms with van der Waals surface area (Å²) < 4.78 is 0. The highest BCUT2D eigenvalue weighted by atomic mass is 35.5. The molecule has 0 spiro atoms. The van der Waals surface area contributed by atoms with Crippen molar-refractivity contribution in [1.29, 1.82) is 0 Å². The summed E-state index contributed by atoms with van der Waals surface area (Å²) in [6.45, 7) is 4.87. The fraction of sp³-hybridized carbons (Fsp3) is 0.611. The molecule has 2 unspecified atom stereocenters. The second-order valence-corrected chi connectivity index (χ2v) is 6.46. The minimum atomic E-state index is 0. The number of carbonyl (C=O) groups excluding carboxylic acids is 1. The highest BCUT2D eigenvalue weighted by Crippen LogP contribution is 2.24. The van der Waals surface area contributed by atoms with E-state index >= 15 is 0 Å². The van der Waals surface area contributed by atoms with E-state index in [0.717, 1.165) is 45.6 Å². The second kappa shape index (κ2) is 10.9. The van der Waals surface area contributed by atoms with E-state index in [4.69, 9.17) is 0 Å². The Hall–Kier alpha value is -0.810. The zero-order chi connectivity index (χ0) is 15.2. The van der Waals surface area contributed by atoms with Crippen LogP contribution in [0.3, 0.4) is 0 Å². The molecule has 2 N–H and O–H groups in total. The summed E-state index contributed by atoms with van der Waals surface area (Å²) in [5.74, 6) is 0.357. The molecule has 1 aromatic rings. The third kappa shape index (κ3) is 5.62. The van der Waals surface area contributed by atoms with E-state index in [1.54, 1.807) is 0 Å². The zero-order valence-corrected chi connectivity index (χ0v) is 15.7. The van der Waals surface area contributed by atoms with Crippen molar-refractivity contribution in [3.8, 4) is 0 Å². The third-order valence-electron chi connectivity index (χ3n) is 4.90. The predicted octanol–water partition coefficient (Wildman–Crippen LogP) is 2.78. The lowest BCUT2D eigenvalue weighted by Gasteiger charge is -2.29. The van der Waals surface area contributed by atoms with Gasteiger partial charge in [0.15, 0.2) is 0 Å². The number of nitrogens with zero attached hydrogens (tertiary/aromatic N) is 1. The number of amides is 1. The second-order valence-electron chi connectivity index (χ2n) is 6.46. The van der Waals surface area contributed by atoms with Gasteiger partial charge in [-0.3, -0.25) is 9.69 Å². The van der Waals surface area contributed by atoms with Crippen molar-refractivity contribution >= 4 is 30.7 Å². The molecule has 0 radical (unpaired) electrons. The summed E-state index contributed by atoms with van der Waals surface area (Å²) in [7, 11) is 0. The number of halogens is 2. The van der Waals surface area contributed by atoms with Crippen LogP contribution in [-0.2, 0) is 4.79 Å². The quantitative estimate of drug-likeness (QED) is 0.833. The summed E-state index contributed by atoms with van der Waals surface area (Å²) in [5.41, 5.74) is 1.31. The van der Waals surface area contributed by atoms with E-state index in [9.17, 15) is 4.79 Å². The Bertz CT molecular complexity index is 474. The first-order chi connectivity index (χ1) is 10.8. The molecule has 2 aliphatic rings. The lowest BCUT2D eigenvalue weighted by Crippen LogP contribution is -2.43. The standard InChI is InChI=1S/C18H27N3O.2ClH/c22-18(16-9-6-10-19-13-16)20-14-17(21-11-4-5-12-21)15-7-2-1-3-8-15;;/h1-3,7-8,16-17,19H,4-6,9-14H2,(H,20,22);2*1H. The summed E-state index contributed by atoms with van der Waals surface area (Å²) in [5, 5.41) is 6.53. The Balaban J connectivity index is 0.00000144. The van der Waals surface area contributed by atoms with Crippen LogP contribution in [0.2, 0.25) is 0 Å². The van der Waals surface area contributed by atoms with Crippen LogP contribution < -0.4 is 10.6 Å². The van der Waals surface area contributed by atoms with Gasteiger partial charge in [-0.15, -0.1) is 24.8 Å². The van der Waals surface area contributed by atoms with Gasteiger partial charge in [0.2, 0.25) is 5.91 Å². The number of nitrogens with one attached hydrogen (secondary N) is 2. The lowest BCUT2D eigenvalue weighted by atomic mass is 9.98. The Morgan fingerprint density at radius 1 is 1.17 bits per heavy atom. The molecular formula is C18H29Cl2N3O. The van der Waals surface area contributed by atoms with Gasteiger partial charge in [-0.25, -0.2) is 0 Å². The molecule has 0 bridgehead atoms. The van der Waals surface area contributed by atoms with Crippen LogP contribution in [0.5, 0.6) is 0 Å². The molecule has 2 heterocycles. The maximum absolute atomic E-state index is 12.4. The summed E-state index contributed by atoms with van der Waals surface area (Å²) in [6.07, 6.45) is 4.65. The number of piperidine rings is 1. The number of hydrogen-bond acceptors (Lipinski definition) is 3. The van der Waals surface area contributed by atoms with Crippen molar-refractivity contribution < 1.29 is 4.79 Å². The molecule has 136 valence electrons. The van der Waals surface area contributed by atoms with Crippen LogP contribution >= 0.6 is 24.8 Å². The van der Waals surface area contributed by atoms with Crippen LogP contribution in [0.25, 0.3) is 0 Å². The number of benzene rings is 1. The van der Waals surface area contributed by atoms with Gasteiger partial charge < -0.3 is 10.6 Å². The first-order valence-corrected chi connectivity index (χ1v) is 8.62. The topological polar surface area (TPSA) is 44.4 Å². The monoisotopic (exact) mass is 373 g/mol. The van der Waals surface area contributed by atoms with Gasteiger partial charge in [-0.2, -0.15) is 0 Å². The molecule has 6 heteroatoms. The smallest absolute Gasteiger partial charge is 0.224 e. The molecule has 0 aliphatic carbocycles. The van der Waals surface area contributed by atoms with Crippen molar-refractivity contribution in [3.63, 3.8) is 0 Å². The Labute approximate surface area is 157 Å². The molecule has 1 amide bonds. The van der Waals surface area contributed by atoms with Crippen LogP contribution in [0.15, 0.2) is 30.3 Å². The van der Waals surface area contributed by atoms with Crippen molar-refractivity contribution in [2.45, 2.75) is 31.7 Å². The van der Waals surface area contributed by atoms with Gasteiger partial charge in [-0.1, -0.05) is 30.3 Å². The van der Waals surface area contributed by atoms with Gasteiger partial charge in [0, 0.05) is 13.1 Å². The van der Waals surface area contributed by atoms with Crippen LogP contribution in [0, 0.1) is 5.92 Å². The number of likely N-dealkylation sites (tertiary alicyclic amines) is 1. The number of rotatable bonds is 5. The fourth-order valence-corrected chi connectivity index (χ4v) is 3.60. The average Bonchev–Trinajstić information content (AvgIpc) is 3.11. The Kier molecular flexibility index (Phi) is 9.67. The predicted molar refractivity (Wildman–Crippen MR) is 103 cm³/mol. The SMILES string of the molecule is Cl.Cl.O=C(NCC(c1ccccc1)N1CCCC1)C1CCCNC1. The molecule has 3 rings (SSSR count). The van der Waals surface area contributed by atoms with Crippen molar-refractivity contribution in [1.82, 2.24) is 15.5 Å². The van der Waals surface area contributed by atoms with Crippen molar-refractivity contribution in [2.24, 2.45) is 5.92 Å². The maximum Gasteiger partial charge on any atom is 0.224 e. The van der Waals surface area contributed by atoms with E-state index in [1.165, 1.54) is 18.4 Å². The molecule has 4 nitrogen and oxygen atoms in total. The van der Waals surface area contributed by atoms with Gasteiger partial charge in [0.1, 0.15) is 0 Å². The third-order valence-corrected chi connectivity index (χ3v) is 4.90. The molecule has 2 aliphatic heterocycles. The Morgan fingerprint density at radius 2 is 1.88 bits per heavy atom. The van der Waals surface area contributed by atoms with E-state index < -0.39 is 0 Å². The van der Waals surface area contributed by atoms with Crippen molar-refractivity contribution in [2.75, 3.05) is 32.7 Å². The molecular weight excluding hydrogens is 345 g/mol. The summed E-state index contributed by atoms with van der Waals surface area (Å²) in [4.78, 5) is 14.9. The van der Waals surface area contributed by atoms with Gasteiger partial charge >= 0.3 is 0 Å². The highest BCUT2D eigenvalue weighted by Gasteiger charge is 2.26. The maximum atomic E-state index is 12.4.